The predicted octanol–water partition coefficient (Wildman–Crippen LogP) is 2.68. The number of hydrogen-bond acceptors (Lipinski definition) is 1. The van der Waals surface area contributed by atoms with Gasteiger partial charge in [0.2, 0.25) is 0 Å². The average Bonchev–Trinajstić information content (AvgIpc) is 2.07. The van der Waals surface area contributed by atoms with Crippen LogP contribution >= 0.6 is 0 Å². The third kappa shape index (κ3) is 2.26. The second-order valence-electron chi connectivity index (χ2n) is 2.58. The predicted molar refractivity (Wildman–Crippen MR) is 50.0 cm³/mol. The topological polar surface area (TPSA) is 12.0 Å². The van der Waals surface area contributed by atoms with Gasteiger partial charge in [-0.2, -0.15) is 0 Å². The fraction of sp³-hybridized carbons (Fsp3) is 0.400. The van der Waals surface area contributed by atoms with E-state index in [0.29, 0.717) is 0 Å². The molecule has 1 N–H and O–H groups in total. The summed E-state index contributed by atoms with van der Waals surface area (Å²) < 4.78 is 0. The van der Waals surface area contributed by atoms with Gasteiger partial charge in [-0.25, -0.2) is 0 Å². The van der Waals surface area contributed by atoms with E-state index in [1.54, 1.807) is 0 Å². The first-order valence-electron chi connectivity index (χ1n) is 4.19. The highest BCUT2D eigenvalue weighted by Crippen LogP contribution is 2.08. The van der Waals surface area contributed by atoms with Crippen molar-refractivity contribution in [1.82, 2.24) is 0 Å². The maximum absolute atomic E-state index is 3.26. The Kier molecular flexibility index (Phi) is 2.96. The Morgan fingerprint density at radius 3 is 2.18 bits per heavy atom. The van der Waals surface area contributed by atoms with Gasteiger partial charge in [-0.3, -0.25) is 0 Å². The molecule has 1 heteroatoms. The maximum Gasteiger partial charge on any atom is 0.0340 e. The van der Waals surface area contributed by atoms with Gasteiger partial charge in [-0.1, -0.05) is 19.1 Å². The highest BCUT2D eigenvalue weighted by Gasteiger charge is 1.89. The first-order valence-corrected chi connectivity index (χ1v) is 4.19. The largest absolute Gasteiger partial charge is 0.385 e. The summed E-state index contributed by atoms with van der Waals surface area (Å²) >= 11 is 0. The van der Waals surface area contributed by atoms with Crippen LogP contribution in [0.3, 0.4) is 0 Å². The fourth-order valence-electron chi connectivity index (χ4n) is 1.06. The molecule has 0 saturated carbocycles. The summed E-state index contributed by atoms with van der Waals surface area (Å²) in [6.07, 6.45) is 1.12. The molecule has 0 aliphatic rings. The molecule has 11 heavy (non-hydrogen) atoms. The van der Waals surface area contributed by atoms with Gasteiger partial charge in [0.15, 0.2) is 0 Å². The second kappa shape index (κ2) is 4.02. The number of aryl methyl sites for hydroxylation is 1. The van der Waals surface area contributed by atoms with E-state index in [-0.39, 0.29) is 0 Å². The number of rotatable bonds is 3. The van der Waals surface area contributed by atoms with Crippen molar-refractivity contribution in [2.24, 2.45) is 0 Å². The Labute approximate surface area is 68.4 Å². The van der Waals surface area contributed by atoms with Crippen LogP contribution in [-0.4, -0.2) is 6.54 Å². The molecule has 1 aromatic rings. The maximum atomic E-state index is 3.26. The van der Waals surface area contributed by atoms with Crippen LogP contribution < -0.4 is 5.32 Å². The normalized spacial score (nSPS) is 9.64. The molecule has 0 radical (unpaired) electrons. The fourth-order valence-corrected chi connectivity index (χ4v) is 1.06. The number of benzene rings is 1. The summed E-state index contributed by atoms with van der Waals surface area (Å²) in [5.41, 5.74) is 2.61. The lowest BCUT2D eigenvalue weighted by Crippen LogP contribution is -1.95. The zero-order valence-corrected chi connectivity index (χ0v) is 7.22. The van der Waals surface area contributed by atoms with Crippen molar-refractivity contribution < 1.29 is 0 Å². The second-order valence-corrected chi connectivity index (χ2v) is 2.58. The van der Waals surface area contributed by atoms with Crippen molar-refractivity contribution in [2.75, 3.05) is 11.9 Å². The van der Waals surface area contributed by atoms with Crippen LogP contribution in [0.2, 0.25) is 0 Å². The first-order chi connectivity index (χ1) is 5.36. The molecule has 1 aromatic carbocycles. The Morgan fingerprint density at radius 1 is 1.09 bits per heavy atom. The molecule has 0 aliphatic heterocycles. The molecular formula is C10H15N. The Bertz CT molecular complexity index is 201. The molecule has 0 atom stereocenters. The summed E-state index contributed by atoms with van der Waals surface area (Å²) in [6, 6.07) is 8.58. The molecule has 0 saturated heterocycles. The van der Waals surface area contributed by atoms with Crippen molar-refractivity contribution in [1.29, 1.82) is 0 Å². The van der Waals surface area contributed by atoms with Gasteiger partial charge in [0, 0.05) is 12.2 Å². The molecule has 0 amide bonds. The van der Waals surface area contributed by atoms with Crippen LogP contribution in [0.25, 0.3) is 0 Å². The van der Waals surface area contributed by atoms with Crippen LogP contribution in [0.15, 0.2) is 24.3 Å². The summed E-state index contributed by atoms with van der Waals surface area (Å²) in [6.45, 7) is 5.27. The van der Waals surface area contributed by atoms with E-state index in [0.717, 1.165) is 13.0 Å². The molecule has 1 rings (SSSR count). The molecule has 1 nitrogen and oxygen atoms in total. The minimum absolute atomic E-state index is 0.992. The van der Waals surface area contributed by atoms with Crippen molar-refractivity contribution in [3.8, 4) is 0 Å². The molecular weight excluding hydrogens is 134 g/mol. The molecule has 0 bridgehead atoms. The van der Waals surface area contributed by atoms with E-state index >= 15 is 0 Å². The molecule has 0 aromatic heterocycles. The zero-order valence-electron chi connectivity index (χ0n) is 7.22. The van der Waals surface area contributed by atoms with Gasteiger partial charge >= 0.3 is 0 Å². The van der Waals surface area contributed by atoms with Crippen LogP contribution in [0.4, 0.5) is 5.69 Å². The molecule has 0 fully saturated rings. The van der Waals surface area contributed by atoms with Gasteiger partial charge < -0.3 is 5.32 Å². The van der Waals surface area contributed by atoms with E-state index in [2.05, 4.69) is 43.4 Å². The van der Waals surface area contributed by atoms with Crippen LogP contribution in [-0.2, 0) is 6.42 Å². The van der Waals surface area contributed by atoms with Gasteiger partial charge in [-0.05, 0) is 31.0 Å². The highest BCUT2D eigenvalue weighted by atomic mass is 14.8. The highest BCUT2D eigenvalue weighted by molar-refractivity contribution is 5.44. The van der Waals surface area contributed by atoms with Crippen molar-refractivity contribution in [3.05, 3.63) is 29.8 Å². The van der Waals surface area contributed by atoms with E-state index in [1.165, 1.54) is 11.3 Å². The molecule has 0 unspecified atom stereocenters. The lowest BCUT2D eigenvalue weighted by atomic mass is 10.1. The lowest BCUT2D eigenvalue weighted by molar-refractivity contribution is 1.13. The van der Waals surface area contributed by atoms with E-state index in [9.17, 15) is 0 Å². The summed E-state index contributed by atoms with van der Waals surface area (Å²) in [4.78, 5) is 0. The van der Waals surface area contributed by atoms with Crippen molar-refractivity contribution in [3.63, 3.8) is 0 Å². The number of hydrogen-bond donors (Lipinski definition) is 1. The van der Waals surface area contributed by atoms with Gasteiger partial charge in [0.25, 0.3) is 0 Å². The van der Waals surface area contributed by atoms with Crippen molar-refractivity contribution in [2.45, 2.75) is 20.3 Å². The van der Waals surface area contributed by atoms with E-state index < -0.39 is 0 Å². The average molecular weight is 149 g/mol. The standard InChI is InChI=1S/C10H15N/c1-3-9-5-7-10(8-6-9)11-4-2/h5-8,11H,3-4H2,1-2H3. The summed E-state index contributed by atoms with van der Waals surface area (Å²) in [5.74, 6) is 0. The number of anilines is 1. The summed E-state index contributed by atoms with van der Waals surface area (Å²) in [5, 5.41) is 3.26. The Hall–Kier alpha value is -0.980. The smallest absolute Gasteiger partial charge is 0.0340 e. The molecule has 60 valence electrons. The number of nitrogens with one attached hydrogen (secondary N) is 1. The Morgan fingerprint density at radius 2 is 1.73 bits per heavy atom. The molecule has 0 aliphatic carbocycles. The van der Waals surface area contributed by atoms with E-state index in [4.69, 9.17) is 0 Å². The molecule has 0 spiro atoms. The van der Waals surface area contributed by atoms with Gasteiger partial charge in [0.05, 0.1) is 0 Å². The third-order valence-corrected chi connectivity index (χ3v) is 1.74. The van der Waals surface area contributed by atoms with Gasteiger partial charge in [0.1, 0.15) is 0 Å². The monoisotopic (exact) mass is 149 g/mol. The lowest BCUT2D eigenvalue weighted by Gasteiger charge is -2.02. The Balaban J connectivity index is 2.66. The zero-order chi connectivity index (χ0) is 8.10. The molecule has 0 heterocycles. The van der Waals surface area contributed by atoms with Crippen LogP contribution in [0.5, 0.6) is 0 Å². The van der Waals surface area contributed by atoms with Crippen LogP contribution in [0.1, 0.15) is 19.4 Å². The third-order valence-electron chi connectivity index (χ3n) is 1.74. The van der Waals surface area contributed by atoms with Gasteiger partial charge in [-0.15, -0.1) is 0 Å². The first kappa shape index (κ1) is 8.12. The van der Waals surface area contributed by atoms with Crippen molar-refractivity contribution >= 4 is 5.69 Å². The minimum Gasteiger partial charge on any atom is -0.385 e. The quantitative estimate of drug-likeness (QED) is 0.696. The van der Waals surface area contributed by atoms with Crippen LogP contribution in [0, 0.1) is 0 Å². The SMILES string of the molecule is CCNc1ccc(CC)cc1. The van der Waals surface area contributed by atoms with E-state index in [1.807, 2.05) is 0 Å². The summed E-state index contributed by atoms with van der Waals surface area (Å²) in [7, 11) is 0. The minimum atomic E-state index is 0.992.